The topological polar surface area (TPSA) is 102 Å². The first-order valence-corrected chi connectivity index (χ1v) is 12.1. The van der Waals surface area contributed by atoms with Crippen molar-refractivity contribution in [3.63, 3.8) is 0 Å². The maximum absolute atomic E-state index is 9.71. The molecule has 9 heteroatoms. The molecule has 0 spiro atoms. The fourth-order valence-corrected chi connectivity index (χ4v) is 4.29. The van der Waals surface area contributed by atoms with Crippen LogP contribution in [0.2, 0.25) is 10.0 Å². The van der Waals surface area contributed by atoms with Crippen molar-refractivity contribution in [1.29, 1.82) is 5.26 Å². The Morgan fingerprint density at radius 1 is 1.11 bits per heavy atom. The Hall–Kier alpha value is -3.70. The van der Waals surface area contributed by atoms with E-state index in [2.05, 4.69) is 16.4 Å². The number of anilines is 3. The smallest absolute Gasteiger partial charge is 0.144 e. The third-order valence-electron chi connectivity index (χ3n) is 5.81. The van der Waals surface area contributed by atoms with E-state index in [1.165, 1.54) is 6.20 Å². The minimum absolute atomic E-state index is 0.0386. The number of halogens is 2. The first-order chi connectivity index (χ1) is 17.5. The van der Waals surface area contributed by atoms with Gasteiger partial charge < -0.3 is 25.3 Å². The normalized spacial score (nSPS) is 15.0. The number of nitrogen functional groups attached to an aromatic ring is 1. The predicted octanol–water partition coefficient (Wildman–Crippen LogP) is 6.49. The molecule has 4 aromatic rings. The summed E-state index contributed by atoms with van der Waals surface area (Å²) in [6.45, 7) is 1.56. The van der Waals surface area contributed by atoms with Gasteiger partial charge in [0.05, 0.1) is 40.7 Å². The second-order valence-corrected chi connectivity index (χ2v) is 9.20. The lowest BCUT2D eigenvalue weighted by Crippen LogP contribution is -2.16. The lowest BCUT2D eigenvalue weighted by Gasteiger charge is -2.17. The van der Waals surface area contributed by atoms with Crippen LogP contribution in [0, 0.1) is 11.3 Å². The van der Waals surface area contributed by atoms with Crippen molar-refractivity contribution in [2.45, 2.75) is 19.1 Å². The number of nitriles is 1. The Morgan fingerprint density at radius 3 is 2.67 bits per heavy atom. The van der Waals surface area contributed by atoms with Crippen LogP contribution in [0.4, 0.5) is 17.1 Å². The molecule has 0 aliphatic carbocycles. The van der Waals surface area contributed by atoms with Crippen molar-refractivity contribution in [2.75, 3.05) is 24.3 Å². The first kappa shape index (κ1) is 24.0. The second kappa shape index (κ2) is 10.5. The van der Waals surface area contributed by atoms with Gasteiger partial charge in [-0.15, -0.1) is 0 Å². The Balaban J connectivity index is 1.39. The van der Waals surface area contributed by atoms with Gasteiger partial charge in [0.25, 0.3) is 0 Å². The summed E-state index contributed by atoms with van der Waals surface area (Å²) < 4.78 is 17.2. The van der Waals surface area contributed by atoms with Crippen LogP contribution < -0.4 is 20.5 Å². The Morgan fingerprint density at radius 2 is 1.94 bits per heavy atom. The summed E-state index contributed by atoms with van der Waals surface area (Å²) in [6.07, 6.45) is 2.29. The van der Waals surface area contributed by atoms with E-state index in [0.29, 0.717) is 74.9 Å². The zero-order chi connectivity index (χ0) is 25.1. The molecular weight excluding hydrogens is 499 g/mol. The van der Waals surface area contributed by atoms with Crippen LogP contribution in [-0.4, -0.2) is 24.3 Å². The summed E-state index contributed by atoms with van der Waals surface area (Å²) in [6, 6.07) is 18.5. The molecule has 1 aromatic heterocycles. The Labute approximate surface area is 218 Å². The van der Waals surface area contributed by atoms with Gasteiger partial charge in [-0.2, -0.15) is 5.26 Å². The SMILES string of the molecule is N#Cc1cnc2cc(OC3CCOC3)c(N)cc2c1Nc1ccc(OCc2ccc(Cl)cc2)c(Cl)c1. The van der Waals surface area contributed by atoms with E-state index in [-0.39, 0.29) is 6.10 Å². The van der Waals surface area contributed by atoms with Gasteiger partial charge in [0.1, 0.15) is 30.3 Å². The van der Waals surface area contributed by atoms with Crippen molar-refractivity contribution in [3.05, 3.63) is 82.0 Å². The molecule has 36 heavy (non-hydrogen) atoms. The number of nitrogens with one attached hydrogen (secondary N) is 1. The molecule has 0 saturated carbocycles. The van der Waals surface area contributed by atoms with E-state index >= 15 is 0 Å². The average molecular weight is 521 g/mol. The standard InChI is InChI=1S/C27H22Cl2N4O3/c28-18-3-1-16(2-4-18)14-35-25-6-5-19(9-22(25)29)33-27-17(12-30)13-32-24-11-26(23(31)10-21(24)27)36-20-7-8-34-15-20/h1-6,9-11,13,20H,7-8,14-15,31H2,(H,32,33). The van der Waals surface area contributed by atoms with Crippen LogP contribution in [0.15, 0.2) is 60.8 Å². The summed E-state index contributed by atoms with van der Waals surface area (Å²) in [4.78, 5) is 4.44. The molecule has 3 aromatic carbocycles. The van der Waals surface area contributed by atoms with Gasteiger partial charge in [-0.05, 0) is 42.0 Å². The minimum atomic E-state index is -0.0386. The number of nitrogens with two attached hydrogens (primary N) is 1. The van der Waals surface area contributed by atoms with E-state index in [4.69, 9.17) is 43.1 Å². The third-order valence-corrected chi connectivity index (χ3v) is 6.36. The maximum atomic E-state index is 9.71. The molecule has 2 heterocycles. The number of aromatic nitrogens is 1. The highest BCUT2D eigenvalue weighted by atomic mass is 35.5. The molecule has 1 aliphatic heterocycles. The highest BCUT2D eigenvalue weighted by molar-refractivity contribution is 6.32. The number of hydrogen-bond donors (Lipinski definition) is 2. The predicted molar refractivity (Wildman–Crippen MR) is 141 cm³/mol. The van der Waals surface area contributed by atoms with E-state index in [9.17, 15) is 5.26 Å². The van der Waals surface area contributed by atoms with Crippen LogP contribution in [0.1, 0.15) is 17.5 Å². The average Bonchev–Trinajstić information content (AvgIpc) is 3.39. The number of rotatable bonds is 7. The summed E-state index contributed by atoms with van der Waals surface area (Å²) in [5, 5.41) is 14.8. The van der Waals surface area contributed by atoms with Crippen molar-refractivity contribution < 1.29 is 14.2 Å². The van der Waals surface area contributed by atoms with Gasteiger partial charge in [-0.1, -0.05) is 35.3 Å². The third kappa shape index (κ3) is 5.26. The van der Waals surface area contributed by atoms with Crippen LogP contribution in [0.25, 0.3) is 10.9 Å². The molecule has 1 fully saturated rings. The van der Waals surface area contributed by atoms with Gasteiger partial charge in [0.15, 0.2) is 0 Å². The van der Waals surface area contributed by atoms with Crippen LogP contribution in [0.5, 0.6) is 11.5 Å². The number of hydrogen-bond acceptors (Lipinski definition) is 7. The molecule has 3 N–H and O–H groups in total. The van der Waals surface area contributed by atoms with Crippen LogP contribution in [0.3, 0.4) is 0 Å². The van der Waals surface area contributed by atoms with Crippen molar-refractivity contribution in [1.82, 2.24) is 4.98 Å². The minimum Gasteiger partial charge on any atom is -0.487 e. The molecule has 1 atom stereocenters. The van der Waals surface area contributed by atoms with Crippen molar-refractivity contribution in [3.8, 4) is 17.6 Å². The molecular formula is C27H22Cl2N4O3. The highest BCUT2D eigenvalue weighted by Gasteiger charge is 2.20. The zero-order valence-electron chi connectivity index (χ0n) is 19.1. The molecule has 0 bridgehead atoms. The quantitative estimate of drug-likeness (QED) is 0.268. The summed E-state index contributed by atoms with van der Waals surface area (Å²) >= 11 is 12.4. The largest absolute Gasteiger partial charge is 0.487 e. The Bertz CT molecular complexity index is 1450. The van der Waals surface area contributed by atoms with Gasteiger partial charge in [0.2, 0.25) is 0 Å². The summed E-state index contributed by atoms with van der Waals surface area (Å²) in [5.74, 6) is 1.09. The van der Waals surface area contributed by atoms with Gasteiger partial charge in [-0.25, -0.2) is 0 Å². The van der Waals surface area contributed by atoms with E-state index in [1.807, 2.05) is 30.3 Å². The molecule has 5 rings (SSSR count). The number of fused-ring (bicyclic) bond motifs is 1. The van der Waals surface area contributed by atoms with E-state index in [1.54, 1.807) is 24.3 Å². The lowest BCUT2D eigenvalue weighted by molar-refractivity contribution is 0.142. The molecule has 0 amide bonds. The molecule has 1 saturated heterocycles. The van der Waals surface area contributed by atoms with Gasteiger partial charge >= 0.3 is 0 Å². The monoisotopic (exact) mass is 520 g/mol. The highest BCUT2D eigenvalue weighted by Crippen LogP contribution is 2.37. The number of benzene rings is 3. The van der Waals surface area contributed by atoms with Crippen molar-refractivity contribution >= 4 is 51.2 Å². The lowest BCUT2D eigenvalue weighted by atomic mass is 10.1. The van der Waals surface area contributed by atoms with E-state index in [0.717, 1.165) is 12.0 Å². The zero-order valence-corrected chi connectivity index (χ0v) is 20.6. The second-order valence-electron chi connectivity index (χ2n) is 8.35. The van der Waals surface area contributed by atoms with Crippen LogP contribution >= 0.6 is 23.2 Å². The fourth-order valence-electron chi connectivity index (χ4n) is 3.93. The maximum Gasteiger partial charge on any atom is 0.144 e. The van der Waals surface area contributed by atoms with Gasteiger partial charge in [0, 0.05) is 34.8 Å². The number of nitrogens with zero attached hydrogens (tertiary/aromatic N) is 2. The molecule has 182 valence electrons. The molecule has 0 radical (unpaired) electrons. The molecule has 1 unspecified atom stereocenters. The Kier molecular flexibility index (Phi) is 7.01. The summed E-state index contributed by atoms with van der Waals surface area (Å²) in [7, 11) is 0. The van der Waals surface area contributed by atoms with Crippen LogP contribution in [-0.2, 0) is 11.3 Å². The van der Waals surface area contributed by atoms with Crippen molar-refractivity contribution in [2.24, 2.45) is 0 Å². The van der Waals surface area contributed by atoms with E-state index < -0.39 is 0 Å². The summed E-state index contributed by atoms with van der Waals surface area (Å²) in [5.41, 5.74) is 10.0. The first-order valence-electron chi connectivity index (χ1n) is 11.3. The molecule has 1 aliphatic rings. The van der Waals surface area contributed by atoms with Gasteiger partial charge in [-0.3, -0.25) is 4.98 Å². The number of ether oxygens (including phenoxy) is 3. The molecule has 7 nitrogen and oxygen atoms in total. The number of pyridine rings is 1. The fraction of sp³-hybridized carbons (Fsp3) is 0.185.